The molecule has 1 aliphatic heterocycles. The fourth-order valence-electron chi connectivity index (χ4n) is 2.10. The molecule has 116 valence electrons. The number of para-hydroxylation sites is 1. The van der Waals surface area contributed by atoms with Gasteiger partial charge >= 0.3 is 0 Å². The van der Waals surface area contributed by atoms with Gasteiger partial charge in [-0.2, -0.15) is 5.10 Å². The monoisotopic (exact) mass is 325 g/mol. The highest BCUT2D eigenvalue weighted by Gasteiger charge is 2.29. The van der Waals surface area contributed by atoms with Crippen molar-refractivity contribution in [1.29, 1.82) is 0 Å². The van der Waals surface area contributed by atoms with Gasteiger partial charge in [-0.25, -0.2) is 0 Å². The van der Waals surface area contributed by atoms with E-state index in [0.29, 0.717) is 10.9 Å². The van der Waals surface area contributed by atoms with E-state index < -0.39 is 0 Å². The molecule has 0 bridgehead atoms. The molecule has 1 heterocycles. The maximum Gasteiger partial charge on any atom is 0.243 e. The normalized spacial score (nSPS) is 16.5. The van der Waals surface area contributed by atoms with Gasteiger partial charge in [-0.15, -0.1) is 5.10 Å². The van der Waals surface area contributed by atoms with Crippen LogP contribution in [0.5, 0.6) is 5.75 Å². The Morgan fingerprint density at radius 2 is 1.87 bits per heavy atom. The van der Waals surface area contributed by atoms with Crippen molar-refractivity contribution >= 4 is 34.7 Å². The molecule has 0 unspecified atom stereocenters. The number of amides is 1. The molecule has 0 aliphatic carbocycles. The molecule has 3 rings (SSSR count). The van der Waals surface area contributed by atoms with Gasteiger partial charge in [0.2, 0.25) is 5.91 Å². The Morgan fingerprint density at radius 3 is 2.57 bits per heavy atom. The van der Waals surface area contributed by atoms with Crippen LogP contribution >= 0.6 is 11.8 Å². The van der Waals surface area contributed by atoms with E-state index in [1.165, 1.54) is 11.8 Å². The lowest BCUT2D eigenvalue weighted by molar-refractivity contribution is -0.115. The summed E-state index contributed by atoms with van der Waals surface area (Å²) in [4.78, 5) is 13.6. The van der Waals surface area contributed by atoms with E-state index in [9.17, 15) is 4.79 Å². The van der Waals surface area contributed by atoms with Gasteiger partial charge in [0.1, 0.15) is 5.75 Å². The summed E-state index contributed by atoms with van der Waals surface area (Å²) in [5, 5.41) is 8.88. The van der Waals surface area contributed by atoms with Crippen LogP contribution in [-0.2, 0) is 4.79 Å². The highest BCUT2D eigenvalue weighted by Crippen LogP contribution is 2.26. The molecule has 0 radical (unpaired) electrons. The minimum atomic E-state index is 0.0135. The molecule has 2 aromatic rings. The first kappa shape index (κ1) is 15.3. The predicted molar refractivity (Wildman–Crippen MR) is 94.4 cm³/mol. The second-order valence-electron chi connectivity index (χ2n) is 4.75. The van der Waals surface area contributed by atoms with Crippen molar-refractivity contribution in [3.05, 3.63) is 60.2 Å². The summed E-state index contributed by atoms with van der Waals surface area (Å²) >= 11 is 1.39. The number of thioether (sulfide) groups is 1. The summed E-state index contributed by atoms with van der Waals surface area (Å²) < 4.78 is 5.11. The topological polar surface area (TPSA) is 54.3 Å². The lowest BCUT2D eigenvalue weighted by Gasteiger charge is -2.14. The Morgan fingerprint density at radius 1 is 1.13 bits per heavy atom. The maximum absolute atomic E-state index is 12.0. The number of amidine groups is 1. The van der Waals surface area contributed by atoms with Crippen molar-refractivity contribution in [3.8, 4) is 5.75 Å². The molecule has 2 aromatic carbocycles. The van der Waals surface area contributed by atoms with Gasteiger partial charge in [-0.1, -0.05) is 30.0 Å². The fourth-order valence-corrected chi connectivity index (χ4v) is 2.92. The average Bonchev–Trinajstić information content (AvgIpc) is 2.97. The SMILES string of the molecule is COc1ccc(C=NN=C2SCC(=O)N2c2ccccc2)cc1. The number of rotatable bonds is 4. The third kappa shape index (κ3) is 3.60. The van der Waals surface area contributed by atoms with E-state index in [0.717, 1.165) is 17.0 Å². The third-order valence-corrected chi connectivity index (χ3v) is 4.16. The summed E-state index contributed by atoms with van der Waals surface area (Å²) in [6, 6.07) is 17.0. The number of nitrogens with zero attached hydrogens (tertiary/aromatic N) is 3. The molecule has 1 aliphatic rings. The Hall–Kier alpha value is -2.60. The van der Waals surface area contributed by atoms with Crippen molar-refractivity contribution in [2.75, 3.05) is 17.8 Å². The highest BCUT2D eigenvalue weighted by atomic mass is 32.2. The van der Waals surface area contributed by atoms with E-state index in [4.69, 9.17) is 4.74 Å². The first-order valence-corrected chi connectivity index (χ1v) is 8.02. The number of methoxy groups -OCH3 is 1. The Kier molecular flexibility index (Phi) is 4.73. The van der Waals surface area contributed by atoms with E-state index in [1.54, 1.807) is 18.2 Å². The van der Waals surface area contributed by atoms with Gasteiger partial charge in [-0.05, 0) is 42.0 Å². The lowest BCUT2D eigenvalue weighted by atomic mass is 10.2. The van der Waals surface area contributed by atoms with E-state index in [2.05, 4.69) is 10.2 Å². The van der Waals surface area contributed by atoms with Crippen molar-refractivity contribution in [2.45, 2.75) is 0 Å². The Balaban J connectivity index is 1.77. The molecule has 5 nitrogen and oxygen atoms in total. The smallest absolute Gasteiger partial charge is 0.243 e. The zero-order chi connectivity index (χ0) is 16.1. The zero-order valence-electron chi connectivity index (χ0n) is 12.5. The van der Waals surface area contributed by atoms with Gasteiger partial charge in [-0.3, -0.25) is 9.69 Å². The molecular formula is C17H15N3O2S. The van der Waals surface area contributed by atoms with Crippen molar-refractivity contribution in [2.24, 2.45) is 10.2 Å². The Bertz CT molecular complexity index is 742. The van der Waals surface area contributed by atoms with Crippen LogP contribution in [-0.4, -0.2) is 30.2 Å². The fraction of sp³-hybridized carbons (Fsp3) is 0.118. The summed E-state index contributed by atoms with van der Waals surface area (Å²) in [5.74, 6) is 1.19. The number of ether oxygens (including phenoxy) is 1. The molecule has 0 spiro atoms. The van der Waals surface area contributed by atoms with Crippen molar-refractivity contribution in [1.82, 2.24) is 0 Å². The second-order valence-corrected chi connectivity index (χ2v) is 5.70. The van der Waals surface area contributed by atoms with Gasteiger partial charge in [0.05, 0.1) is 24.8 Å². The second kappa shape index (κ2) is 7.11. The number of anilines is 1. The van der Waals surface area contributed by atoms with Crippen LogP contribution in [0, 0.1) is 0 Å². The first-order chi connectivity index (χ1) is 11.3. The van der Waals surface area contributed by atoms with Crippen LogP contribution in [0.25, 0.3) is 0 Å². The largest absolute Gasteiger partial charge is 0.497 e. The first-order valence-electron chi connectivity index (χ1n) is 7.04. The van der Waals surface area contributed by atoms with Gasteiger partial charge in [0.15, 0.2) is 5.17 Å². The van der Waals surface area contributed by atoms with E-state index in [-0.39, 0.29) is 5.91 Å². The van der Waals surface area contributed by atoms with Crippen molar-refractivity contribution in [3.63, 3.8) is 0 Å². The molecule has 1 saturated heterocycles. The molecule has 0 saturated carbocycles. The molecule has 23 heavy (non-hydrogen) atoms. The van der Waals surface area contributed by atoms with Crippen LogP contribution in [0.3, 0.4) is 0 Å². The highest BCUT2D eigenvalue weighted by molar-refractivity contribution is 8.15. The molecule has 0 aromatic heterocycles. The Labute approximate surface area is 138 Å². The minimum absolute atomic E-state index is 0.0135. The number of hydrogen-bond donors (Lipinski definition) is 0. The standard InChI is InChI=1S/C17H15N3O2S/c1-22-15-9-7-13(8-10-15)11-18-19-17-20(16(21)12-23-17)14-5-3-2-4-6-14/h2-11H,12H2,1H3. The number of carbonyl (C=O) groups excluding carboxylic acids is 1. The maximum atomic E-state index is 12.0. The molecule has 6 heteroatoms. The molecule has 1 fully saturated rings. The average molecular weight is 325 g/mol. The molecular weight excluding hydrogens is 310 g/mol. The van der Waals surface area contributed by atoms with Crippen LogP contribution < -0.4 is 9.64 Å². The van der Waals surface area contributed by atoms with Crippen LogP contribution in [0.15, 0.2) is 64.8 Å². The number of carbonyl (C=O) groups is 1. The van der Waals surface area contributed by atoms with Crippen LogP contribution in [0.2, 0.25) is 0 Å². The molecule has 1 amide bonds. The minimum Gasteiger partial charge on any atom is -0.497 e. The zero-order valence-corrected chi connectivity index (χ0v) is 13.4. The summed E-state index contributed by atoms with van der Waals surface area (Å²) in [6.07, 6.45) is 1.65. The number of benzene rings is 2. The van der Waals surface area contributed by atoms with Gasteiger partial charge in [0, 0.05) is 0 Å². The quantitative estimate of drug-likeness (QED) is 0.641. The van der Waals surface area contributed by atoms with Crippen LogP contribution in [0.1, 0.15) is 5.56 Å². The van der Waals surface area contributed by atoms with Crippen LogP contribution in [0.4, 0.5) is 5.69 Å². The van der Waals surface area contributed by atoms with Crippen molar-refractivity contribution < 1.29 is 9.53 Å². The summed E-state index contributed by atoms with van der Waals surface area (Å²) in [7, 11) is 1.63. The summed E-state index contributed by atoms with van der Waals surface area (Å²) in [6.45, 7) is 0. The molecule has 0 atom stereocenters. The third-order valence-electron chi connectivity index (χ3n) is 3.25. The summed E-state index contributed by atoms with van der Waals surface area (Å²) in [5.41, 5.74) is 1.72. The van der Waals surface area contributed by atoms with Gasteiger partial charge < -0.3 is 4.74 Å². The van der Waals surface area contributed by atoms with E-state index >= 15 is 0 Å². The van der Waals surface area contributed by atoms with Gasteiger partial charge in [0.25, 0.3) is 0 Å². The molecule has 0 N–H and O–H groups in total. The van der Waals surface area contributed by atoms with E-state index in [1.807, 2.05) is 54.6 Å². The predicted octanol–water partition coefficient (Wildman–Crippen LogP) is 3.17. The number of hydrogen-bond acceptors (Lipinski definition) is 5. The lowest BCUT2D eigenvalue weighted by Crippen LogP contribution is -2.28.